The zero-order chi connectivity index (χ0) is 14.2. The van der Waals surface area contributed by atoms with Crippen LogP contribution in [0.15, 0.2) is 0 Å². The van der Waals surface area contributed by atoms with Gasteiger partial charge in [-0.25, -0.2) is 0 Å². The van der Waals surface area contributed by atoms with Gasteiger partial charge >= 0.3 is 11.9 Å². The standard InChI is InChI=1S/C15H24O4/c1-3-9-8(2)7-12(15(18)19)13-10(9)5-4-6-11(13)14(16)17/h8-13H,3-7H2,1-2H3,(H,16,17)(H,18,19). The van der Waals surface area contributed by atoms with E-state index in [9.17, 15) is 19.8 Å². The van der Waals surface area contributed by atoms with Crippen molar-refractivity contribution in [1.29, 1.82) is 0 Å². The Balaban J connectivity index is 2.33. The number of fused-ring (bicyclic) bond motifs is 1. The van der Waals surface area contributed by atoms with Crippen molar-refractivity contribution in [2.75, 3.05) is 0 Å². The van der Waals surface area contributed by atoms with Crippen molar-refractivity contribution in [3.05, 3.63) is 0 Å². The van der Waals surface area contributed by atoms with E-state index in [0.29, 0.717) is 24.7 Å². The summed E-state index contributed by atoms with van der Waals surface area (Å²) in [7, 11) is 0. The lowest BCUT2D eigenvalue weighted by molar-refractivity contribution is -0.160. The Morgan fingerprint density at radius 2 is 1.74 bits per heavy atom. The van der Waals surface area contributed by atoms with Crippen LogP contribution in [0.2, 0.25) is 0 Å². The Bertz CT molecular complexity index is 365. The number of carboxylic acids is 2. The molecule has 2 aliphatic rings. The molecule has 0 radical (unpaired) electrons. The number of carbonyl (C=O) groups is 2. The zero-order valence-corrected chi connectivity index (χ0v) is 11.7. The van der Waals surface area contributed by atoms with E-state index in [1.54, 1.807) is 0 Å². The summed E-state index contributed by atoms with van der Waals surface area (Å²) in [5, 5.41) is 18.9. The van der Waals surface area contributed by atoms with Gasteiger partial charge in [-0.15, -0.1) is 0 Å². The Kier molecular flexibility index (Phi) is 4.16. The minimum Gasteiger partial charge on any atom is -0.481 e. The van der Waals surface area contributed by atoms with Crippen LogP contribution in [0.1, 0.15) is 46.0 Å². The van der Waals surface area contributed by atoms with Crippen LogP contribution in [0, 0.1) is 35.5 Å². The molecule has 4 heteroatoms. The fourth-order valence-corrected chi connectivity index (χ4v) is 4.75. The molecule has 0 heterocycles. The predicted molar refractivity (Wildman–Crippen MR) is 70.6 cm³/mol. The topological polar surface area (TPSA) is 74.6 Å². The summed E-state index contributed by atoms with van der Waals surface area (Å²) < 4.78 is 0. The van der Waals surface area contributed by atoms with Gasteiger partial charge in [0.25, 0.3) is 0 Å². The minimum atomic E-state index is -0.801. The highest BCUT2D eigenvalue weighted by Crippen LogP contribution is 2.52. The van der Waals surface area contributed by atoms with E-state index in [2.05, 4.69) is 13.8 Å². The molecule has 2 saturated carbocycles. The molecule has 2 fully saturated rings. The van der Waals surface area contributed by atoms with Crippen LogP contribution < -0.4 is 0 Å². The number of hydrogen-bond donors (Lipinski definition) is 2. The molecule has 2 N–H and O–H groups in total. The van der Waals surface area contributed by atoms with Crippen molar-refractivity contribution in [2.45, 2.75) is 46.0 Å². The fraction of sp³-hybridized carbons (Fsp3) is 0.867. The van der Waals surface area contributed by atoms with Gasteiger partial charge in [-0.1, -0.05) is 26.7 Å². The van der Waals surface area contributed by atoms with Crippen molar-refractivity contribution in [3.8, 4) is 0 Å². The van der Waals surface area contributed by atoms with Gasteiger partial charge < -0.3 is 10.2 Å². The Labute approximate surface area is 114 Å². The van der Waals surface area contributed by atoms with Crippen molar-refractivity contribution in [3.63, 3.8) is 0 Å². The second-order valence-electron chi connectivity index (χ2n) is 6.35. The second-order valence-corrected chi connectivity index (χ2v) is 6.35. The average molecular weight is 268 g/mol. The van der Waals surface area contributed by atoms with Gasteiger partial charge in [0.05, 0.1) is 11.8 Å². The quantitative estimate of drug-likeness (QED) is 0.825. The van der Waals surface area contributed by atoms with Crippen molar-refractivity contribution < 1.29 is 19.8 Å². The molecule has 0 aromatic rings. The number of hydrogen-bond acceptors (Lipinski definition) is 2. The zero-order valence-electron chi connectivity index (χ0n) is 11.7. The third-order valence-corrected chi connectivity index (χ3v) is 5.49. The number of rotatable bonds is 3. The summed E-state index contributed by atoms with van der Waals surface area (Å²) in [4.78, 5) is 23.0. The predicted octanol–water partition coefficient (Wildman–Crippen LogP) is 2.87. The molecule has 0 amide bonds. The highest BCUT2D eigenvalue weighted by atomic mass is 16.4. The molecule has 0 aliphatic heterocycles. The summed E-state index contributed by atoms with van der Waals surface area (Å²) in [6.07, 6.45) is 4.24. The Morgan fingerprint density at radius 1 is 1.11 bits per heavy atom. The van der Waals surface area contributed by atoms with Crippen LogP contribution >= 0.6 is 0 Å². The van der Waals surface area contributed by atoms with E-state index in [1.807, 2.05) is 0 Å². The monoisotopic (exact) mass is 268 g/mol. The molecule has 0 aromatic carbocycles. The van der Waals surface area contributed by atoms with Crippen LogP contribution in [0.3, 0.4) is 0 Å². The minimum absolute atomic E-state index is 0.162. The molecule has 0 spiro atoms. The number of aliphatic carboxylic acids is 2. The molecule has 0 bridgehead atoms. The maximum atomic E-state index is 11.5. The smallest absolute Gasteiger partial charge is 0.306 e. The van der Waals surface area contributed by atoms with E-state index in [-0.39, 0.29) is 11.8 Å². The van der Waals surface area contributed by atoms with Gasteiger partial charge in [-0.05, 0) is 42.9 Å². The normalized spacial score (nSPS) is 42.4. The Morgan fingerprint density at radius 3 is 2.26 bits per heavy atom. The van der Waals surface area contributed by atoms with Gasteiger partial charge in [0.1, 0.15) is 0 Å². The van der Waals surface area contributed by atoms with E-state index in [4.69, 9.17) is 0 Å². The van der Waals surface area contributed by atoms with Crippen LogP contribution in [-0.2, 0) is 9.59 Å². The van der Waals surface area contributed by atoms with Gasteiger partial charge in [-0.2, -0.15) is 0 Å². The fourth-order valence-electron chi connectivity index (χ4n) is 4.75. The molecule has 4 nitrogen and oxygen atoms in total. The van der Waals surface area contributed by atoms with E-state index in [1.165, 1.54) is 0 Å². The maximum absolute atomic E-state index is 11.5. The summed E-state index contributed by atoms with van der Waals surface area (Å²) in [6.45, 7) is 4.27. The molecular formula is C15H24O4. The molecule has 19 heavy (non-hydrogen) atoms. The molecule has 0 aromatic heterocycles. The molecule has 0 saturated heterocycles. The van der Waals surface area contributed by atoms with E-state index >= 15 is 0 Å². The lowest BCUT2D eigenvalue weighted by Crippen LogP contribution is -2.49. The van der Waals surface area contributed by atoms with Crippen LogP contribution in [0.25, 0.3) is 0 Å². The highest BCUT2D eigenvalue weighted by Gasteiger charge is 2.51. The van der Waals surface area contributed by atoms with Gasteiger partial charge in [0.2, 0.25) is 0 Å². The molecular weight excluding hydrogens is 244 g/mol. The van der Waals surface area contributed by atoms with Crippen LogP contribution in [-0.4, -0.2) is 22.2 Å². The molecule has 2 rings (SSSR count). The molecule has 108 valence electrons. The van der Waals surface area contributed by atoms with Crippen LogP contribution in [0.4, 0.5) is 0 Å². The first-order valence-corrected chi connectivity index (χ1v) is 7.43. The van der Waals surface area contributed by atoms with Gasteiger partial charge in [-0.3, -0.25) is 9.59 Å². The summed E-state index contributed by atoms with van der Waals surface area (Å²) in [5.41, 5.74) is 0. The van der Waals surface area contributed by atoms with Gasteiger partial charge in [0.15, 0.2) is 0 Å². The van der Waals surface area contributed by atoms with E-state index in [0.717, 1.165) is 19.3 Å². The summed E-state index contributed by atoms with van der Waals surface area (Å²) in [6, 6.07) is 0. The molecule has 6 unspecified atom stereocenters. The third kappa shape index (κ3) is 2.49. The third-order valence-electron chi connectivity index (χ3n) is 5.49. The summed E-state index contributed by atoms with van der Waals surface area (Å²) in [5.74, 6) is -1.53. The Hall–Kier alpha value is -1.06. The second kappa shape index (κ2) is 5.51. The largest absolute Gasteiger partial charge is 0.481 e. The summed E-state index contributed by atoms with van der Waals surface area (Å²) >= 11 is 0. The lowest BCUT2D eigenvalue weighted by Gasteiger charge is -2.49. The average Bonchev–Trinajstić information content (AvgIpc) is 2.36. The van der Waals surface area contributed by atoms with Gasteiger partial charge in [0, 0.05) is 0 Å². The van der Waals surface area contributed by atoms with Crippen molar-refractivity contribution in [1.82, 2.24) is 0 Å². The molecule has 2 aliphatic carbocycles. The van der Waals surface area contributed by atoms with Crippen molar-refractivity contribution >= 4 is 11.9 Å². The lowest BCUT2D eigenvalue weighted by atomic mass is 9.54. The van der Waals surface area contributed by atoms with Crippen LogP contribution in [0.5, 0.6) is 0 Å². The highest BCUT2D eigenvalue weighted by molar-refractivity contribution is 5.75. The maximum Gasteiger partial charge on any atom is 0.306 e. The first-order valence-electron chi connectivity index (χ1n) is 7.43. The van der Waals surface area contributed by atoms with E-state index < -0.39 is 23.8 Å². The molecule has 6 atom stereocenters. The first-order chi connectivity index (χ1) is 8.97. The SMILES string of the molecule is CCC1C(C)CC(C(=O)O)C2C(C(=O)O)CCCC12. The number of carboxylic acid groups (broad SMARTS) is 2. The van der Waals surface area contributed by atoms with Crippen molar-refractivity contribution in [2.24, 2.45) is 35.5 Å². The first kappa shape index (κ1) is 14.4.